The average Bonchev–Trinajstić information content (AvgIpc) is 2.50. The van der Waals surface area contributed by atoms with Crippen molar-refractivity contribution < 1.29 is 4.79 Å². The highest BCUT2D eigenvalue weighted by Gasteiger charge is 2.00. The molecule has 0 saturated carbocycles. The number of carbonyl (C=O) groups is 1. The van der Waals surface area contributed by atoms with E-state index in [-0.39, 0.29) is 12.5 Å². The van der Waals surface area contributed by atoms with Crippen molar-refractivity contribution in [2.24, 2.45) is 5.10 Å². The van der Waals surface area contributed by atoms with Gasteiger partial charge in [0.1, 0.15) is 0 Å². The lowest BCUT2D eigenvalue weighted by atomic mass is 10.2. The van der Waals surface area contributed by atoms with Gasteiger partial charge < -0.3 is 5.32 Å². The van der Waals surface area contributed by atoms with Crippen LogP contribution in [0.25, 0.3) is 0 Å². The lowest BCUT2D eigenvalue weighted by molar-refractivity contribution is -0.119. The fraction of sp³-hybridized carbons (Fsp3) is 0.0667. The van der Waals surface area contributed by atoms with Crippen LogP contribution in [-0.2, 0) is 4.79 Å². The van der Waals surface area contributed by atoms with E-state index in [1.54, 1.807) is 18.2 Å². The lowest BCUT2D eigenvalue weighted by Gasteiger charge is -2.04. The molecule has 0 spiro atoms. The first-order chi connectivity index (χ1) is 10.1. The minimum absolute atomic E-state index is 0.142. The van der Waals surface area contributed by atoms with Gasteiger partial charge in [-0.3, -0.25) is 4.79 Å². The summed E-state index contributed by atoms with van der Waals surface area (Å²) in [6.07, 6.45) is 1.50. The van der Waals surface area contributed by atoms with Crippen LogP contribution in [0, 0.1) is 0 Å². The summed E-state index contributed by atoms with van der Waals surface area (Å²) in [5, 5.41) is 7.76. The molecule has 0 radical (unpaired) electrons. The van der Waals surface area contributed by atoms with Gasteiger partial charge in [-0.2, -0.15) is 5.10 Å². The molecule has 1 amide bonds. The molecule has 0 bridgehead atoms. The molecule has 2 rings (SSSR count). The fourth-order valence-electron chi connectivity index (χ4n) is 1.55. The van der Waals surface area contributed by atoms with Crippen LogP contribution < -0.4 is 10.7 Å². The van der Waals surface area contributed by atoms with Crippen molar-refractivity contribution in [3.63, 3.8) is 0 Å². The lowest BCUT2D eigenvalue weighted by Crippen LogP contribution is -2.25. The SMILES string of the molecule is O=C(CNc1ccccc1)N/N=C\c1ccc(Cl)c(Cl)c1. The Kier molecular flexibility index (Phi) is 5.60. The normalized spacial score (nSPS) is 10.6. The van der Waals surface area contributed by atoms with Crippen LogP contribution in [0.4, 0.5) is 5.69 Å². The van der Waals surface area contributed by atoms with Crippen molar-refractivity contribution in [2.75, 3.05) is 11.9 Å². The van der Waals surface area contributed by atoms with Gasteiger partial charge in [0, 0.05) is 5.69 Å². The predicted molar refractivity (Wildman–Crippen MR) is 87.1 cm³/mol. The van der Waals surface area contributed by atoms with Gasteiger partial charge >= 0.3 is 0 Å². The first-order valence-corrected chi connectivity index (χ1v) is 6.96. The number of benzene rings is 2. The Balaban J connectivity index is 1.80. The highest BCUT2D eigenvalue weighted by Crippen LogP contribution is 2.21. The number of nitrogens with one attached hydrogen (secondary N) is 2. The van der Waals surface area contributed by atoms with E-state index in [1.165, 1.54) is 6.21 Å². The molecule has 0 aliphatic heterocycles. The van der Waals surface area contributed by atoms with Gasteiger partial charge in [0.2, 0.25) is 0 Å². The molecule has 0 aliphatic rings. The summed E-state index contributed by atoms with van der Waals surface area (Å²) in [7, 11) is 0. The Morgan fingerprint density at radius 3 is 2.57 bits per heavy atom. The molecule has 0 aliphatic carbocycles. The molecule has 2 aromatic rings. The molecule has 0 saturated heterocycles. The van der Waals surface area contributed by atoms with Crippen LogP contribution in [0.2, 0.25) is 10.0 Å². The maximum absolute atomic E-state index is 11.6. The van der Waals surface area contributed by atoms with E-state index in [0.29, 0.717) is 10.0 Å². The number of para-hydroxylation sites is 1. The number of hydrogen-bond acceptors (Lipinski definition) is 3. The molecule has 0 atom stereocenters. The van der Waals surface area contributed by atoms with E-state index in [1.807, 2.05) is 30.3 Å². The maximum atomic E-state index is 11.6. The van der Waals surface area contributed by atoms with Gasteiger partial charge in [-0.1, -0.05) is 47.5 Å². The van der Waals surface area contributed by atoms with Gasteiger partial charge in [0.15, 0.2) is 0 Å². The molecule has 0 fully saturated rings. The molecule has 0 unspecified atom stereocenters. The number of hydrogen-bond donors (Lipinski definition) is 2. The smallest absolute Gasteiger partial charge is 0.259 e. The summed E-state index contributed by atoms with van der Waals surface area (Å²) < 4.78 is 0. The van der Waals surface area contributed by atoms with Crippen molar-refractivity contribution in [1.82, 2.24) is 5.43 Å². The van der Waals surface area contributed by atoms with Crippen molar-refractivity contribution in [1.29, 1.82) is 0 Å². The summed E-state index contributed by atoms with van der Waals surface area (Å²) >= 11 is 11.7. The highest BCUT2D eigenvalue weighted by atomic mass is 35.5. The van der Waals surface area contributed by atoms with E-state index in [4.69, 9.17) is 23.2 Å². The molecule has 0 heterocycles. The zero-order valence-corrected chi connectivity index (χ0v) is 12.5. The van der Waals surface area contributed by atoms with Crippen molar-refractivity contribution in [3.05, 3.63) is 64.1 Å². The molecule has 21 heavy (non-hydrogen) atoms. The summed E-state index contributed by atoms with van der Waals surface area (Å²) in [5.74, 6) is -0.241. The van der Waals surface area contributed by atoms with E-state index < -0.39 is 0 Å². The van der Waals surface area contributed by atoms with Gasteiger partial charge in [0.25, 0.3) is 5.91 Å². The van der Waals surface area contributed by atoms with Gasteiger partial charge in [0.05, 0.1) is 22.8 Å². The Morgan fingerprint density at radius 2 is 1.86 bits per heavy atom. The number of carbonyl (C=O) groups excluding carboxylic acids is 1. The van der Waals surface area contributed by atoms with E-state index in [9.17, 15) is 4.79 Å². The van der Waals surface area contributed by atoms with E-state index in [2.05, 4.69) is 15.8 Å². The molecular weight excluding hydrogens is 309 g/mol. The van der Waals surface area contributed by atoms with Crippen molar-refractivity contribution in [3.8, 4) is 0 Å². The number of hydrazone groups is 1. The van der Waals surface area contributed by atoms with Gasteiger partial charge in [-0.05, 0) is 29.8 Å². The second-order valence-electron chi connectivity index (χ2n) is 4.19. The fourth-order valence-corrected chi connectivity index (χ4v) is 1.86. The number of rotatable bonds is 5. The molecule has 4 nitrogen and oxygen atoms in total. The van der Waals surface area contributed by atoms with Crippen molar-refractivity contribution in [2.45, 2.75) is 0 Å². The minimum Gasteiger partial charge on any atom is -0.376 e. The van der Waals surface area contributed by atoms with E-state index >= 15 is 0 Å². The number of nitrogens with zero attached hydrogens (tertiary/aromatic N) is 1. The quantitative estimate of drug-likeness (QED) is 0.653. The van der Waals surface area contributed by atoms with Crippen LogP contribution in [0.5, 0.6) is 0 Å². The Labute approximate surface area is 132 Å². The largest absolute Gasteiger partial charge is 0.376 e. The summed E-state index contributed by atoms with van der Waals surface area (Å²) in [6, 6.07) is 14.6. The second-order valence-corrected chi connectivity index (χ2v) is 5.00. The third-order valence-electron chi connectivity index (χ3n) is 2.57. The van der Waals surface area contributed by atoms with Crippen LogP contribution in [0.15, 0.2) is 53.6 Å². The predicted octanol–water partition coefficient (Wildman–Crippen LogP) is 3.56. The number of halogens is 2. The Morgan fingerprint density at radius 1 is 1.10 bits per heavy atom. The average molecular weight is 322 g/mol. The van der Waals surface area contributed by atoms with Crippen LogP contribution in [0.3, 0.4) is 0 Å². The Hall–Kier alpha value is -2.04. The molecule has 108 valence electrons. The third kappa shape index (κ3) is 5.10. The standard InChI is InChI=1S/C15H13Cl2N3O/c16-13-7-6-11(8-14(13)17)9-19-20-15(21)10-18-12-4-2-1-3-5-12/h1-9,18H,10H2,(H,20,21)/b19-9-. The molecule has 2 N–H and O–H groups in total. The summed E-state index contributed by atoms with van der Waals surface area (Å²) in [6.45, 7) is 0.142. The van der Waals surface area contributed by atoms with E-state index in [0.717, 1.165) is 11.3 Å². The number of amides is 1. The molecule has 2 aromatic carbocycles. The topological polar surface area (TPSA) is 53.5 Å². The zero-order valence-electron chi connectivity index (χ0n) is 11.0. The Bertz CT molecular complexity index is 645. The van der Waals surface area contributed by atoms with Gasteiger partial charge in [-0.25, -0.2) is 5.43 Å². The van der Waals surface area contributed by atoms with Crippen molar-refractivity contribution >= 4 is 41.0 Å². The monoisotopic (exact) mass is 321 g/mol. The number of anilines is 1. The first-order valence-electron chi connectivity index (χ1n) is 6.21. The van der Waals surface area contributed by atoms with Crippen LogP contribution >= 0.6 is 23.2 Å². The zero-order chi connectivity index (χ0) is 15.1. The first kappa shape index (κ1) is 15.4. The molecule has 6 heteroatoms. The van der Waals surface area contributed by atoms with Crippen LogP contribution in [0.1, 0.15) is 5.56 Å². The summed E-state index contributed by atoms with van der Waals surface area (Å²) in [4.78, 5) is 11.6. The molecular formula is C15H13Cl2N3O. The molecule has 0 aromatic heterocycles. The van der Waals surface area contributed by atoms with Crippen LogP contribution in [-0.4, -0.2) is 18.7 Å². The highest BCUT2D eigenvalue weighted by molar-refractivity contribution is 6.42. The minimum atomic E-state index is -0.241. The second kappa shape index (κ2) is 7.67. The maximum Gasteiger partial charge on any atom is 0.259 e. The third-order valence-corrected chi connectivity index (χ3v) is 3.31. The summed E-state index contributed by atoms with van der Waals surface area (Å²) in [5.41, 5.74) is 4.05. The van der Waals surface area contributed by atoms with Gasteiger partial charge in [-0.15, -0.1) is 0 Å².